The molecule has 3 aromatic rings. The van der Waals surface area contributed by atoms with Gasteiger partial charge in [0.1, 0.15) is 17.1 Å². The number of aromatic hydroxyl groups is 1. The Balaban J connectivity index is 1.93. The molecule has 1 aliphatic rings. The van der Waals surface area contributed by atoms with E-state index in [2.05, 4.69) is 10.2 Å². The van der Waals surface area contributed by atoms with E-state index in [1.54, 1.807) is 18.2 Å². The molecule has 2 heterocycles. The summed E-state index contributed by atoms with van der Waals surface area (Å²) < 4.78 is 0. The molecule has 26 heavy (non-hydrogen) atoms. The van der Waals surface area contributed by atoms with Gasteiger partial charge in [0.15, 0.2) is 0 Å². The zero-order valence-electron chi connectivity index (χ0n) is 14.2. The smallest absolute Gasteiger partial charge is 0.273 e. The number of nitrogens with one attached hydrogen (secondary N) is 1. The second-order valence-electron chi connectivity index (χ2n) is 6.33. The molecular formula is C20H18ClN3O2. The zero-order valence-corrected chi connectivity index (χ0v) is 15.0. The van der Waals surface area contributed by atoms with Gasteiger partial charge >= 0.3 is 0 Å². The second kappa shape index (κ2) is 6.50. The third kappa shape index (κ3) is 2.56. The van der Waals surface area contributed by atoms with Crippen molar-refractivity contribution in [3.05, 3.63) is 70.4 Å². The van der Waals surface area contributed by atoms with E-state index in [-0.39, 0.29) is 17.7 Å². The van der Waals surface area contributed by atoms with E-state index in [9.17, 15) is 9.90 Å². The molecule has 0 radical (unpaired) electrons. The standard InChI is InChI=1S/C20H18ClN3O2/c1-2-10-24-19(12-6-5-7-13(21)11-12)16-17(22-23-18(16)20(24)26)14-8-3-4-9-15(14)25/h3-9,11,19,25H,2,10H2,1H3,(H,22,23)/t19-/m1/s1. The van der Waals surface area contributed by atoms with Crippen LogP contribution >= 0.6 is 11.6 Å². The number of para-hydroxylation sites is 1. The first-order valence-electron chi connectivity index (χ1n) is 8.55. The molecule has 0 saturated heterocycles. The maximum atomic E-state index is 12.9. The lowest BCUT2D eigenvalue weighted by Gasteiger charge is -2.26. The highest BCUT2D eigenvalue weighted by Crippen LogP contribution is 2.44. The molecule has 0 aliphatic carbocycles. The minimum Gasteiger partial charge on any atom is -0.507 e. The van der Waals surface area contributed by atoms with Crippen molar-refractivity contribution in [1.29, 1.82) is 0 Å². The van der Waals surface area contributed by atoms with Gasteiger partial charge in [-0.15, -0.1) is 0 Å². The van der Waals surface area contributed by atoms with Gasteiger partial charge in [-0.2, -0.15) is 5.10 Å². The van der Waals surface area contributed by atoms with E-state index in [0.717, 1.165) is 17.5 Å². The number of aromatic nitrogens is 2. The fraction of sp³-hybridized carbons (Fsp3) is 0.200. The van der Waals surface area contributed by atoms with Gasteiger partial charge in [0, 0.05) is 22.7 Å². The normalized spacial score (nSPS) is 16.2. The molecule has 0 unspecified atom stereocenters. The van der Waals surface area contributed by atoms with Crippen LogP contribution in [0.3, 0.4) is 0 Å². The number of benzene rings is 2. The molecular weight excluding hydrogens is 350 g/mol. The van der Waals surface area contributed by atoms with Gasteiger partial charge in [-0.05, 0) is 36.2 Å². The van der Waals surface area contributed by atoms with Gasteiger partial charge in [-0.25, -0.2) is 0 Å². The van der Waals surface area contributed by atoms with E-state index in [1.165, 1.54) is 0 Å². The Hall–Kier alpha value is -2.79. The number of fused-ring (bicyclic) bond motifs is 1. The molecule has 0 spiro atoms. The van der Waals surface area contributed by atoms with Crippen LogP contribution in [0.15, 0.2) is 48.5 Å². The van der Waals surface area contributed by atoms with E-state index >= 15 is 0 Å². The maximum absolute atomic E-state index is 12.9. The summed E-state index contributed by atoms with van der Waals surface area (Å²) in [7, 11) is 0. The molecule has 5 nitrogen and oxygen atoms in total. The Bertz CT molecular complexity index is 983. The Morgan fingerprint density at radius 3 is 2.77 bits per heavy atom. The van der Waals surface area contributed by atoms with Crippen LogP contribution < -0.4 is 0 Å². The summed E-state index contributed by atoms with van der Waals surface area (Å²) >= 11 is 6.20. The third-order valence-electron chi connectivity index (χ3n) is 4.65. The molecule has 0 fully saturated rings. The summed E-state index contributed by atoms with van der Waals surface area (Å²) in [5.74, 6) is 0.0500. The first-order chi connectivity index (χ1) is 12.6. The molecule has 4 rings (SSSR count). The van der Waals surface area contributed by atoms with Crippen LogP contribution in [0.2, 0.25) is 5.02 Å². The largest absolute Gasteiger partial charge is 0.507 e. The van der Waals surface area contributed by atoms with Gasteiger partial charge < -0.3 is 10.0 Å². The van der Waals surface area contributed by atoms with E-state index < -0.39 is 0 Å². The molecule has 1 aromatic heterocycles. The number of carbonyl (C=O) groups is 1. The second-order valence-corrected chi connectivity index (χ2v) is 6.77. The van der Waals surface area contributed by atoms with Crippen molar-refractivity contribution in [2.45, 2.75) is 19.4 Å². The number of hydrogen-bond donors (Lipinski definition) is 2. The number of aromatic amines is 1. The Kier molecular flexibility index (Phi) is 4.17. The van der Waals surface area contributed by atoms with Crippen molar-refractivity contribution in [3.63, 3.8) is 0 Å². The molecule has 1 atom stereocenters. The van der Waals surface area contributed by atoms with Crippen LogP contribution in [0.4, 0.5) is 0 Å². The highest BCUT2D eigenvalue weighted by Gasteiger charge is 2.42. The Morgan fingerprint density at radius 2 is 2.04 bits per heavy atom. The monoisotopic (exact) mass is 367 g/mol. The van der Waals surface area contributed by atoms with Gasteiger partial charge in [0.25, 0.3) is 5.91 Å². The molecule has 132 valence electrons. The quantitative estimate of drug-likeness (QED) is 0.718. The summed E-state index contributed by atoms with van der Waals surface area (Å²) in [6, 6.07) is 14.3. The zero-order chi connectivity index (χ0) is 18.3. The number of rotatable bonds is 4. The predicted molar refractivity (Wildman–Crippen MR) is 100 cm³/mol. The van der Waals surface area contributed by atoms with E-state index in [4.69, 9.17) is 11.6 Å². The highest BCUT2D eigenvalue weighted by atomic mass is 35.5. The minimum atomic E-state index is -0.287. The molecule has 0 bridgehead atoms. The lowest BCUT2D eigenvalue weighted by Crippen LogP contribution is -2.30. The first-order valence-corrected chi connectivity index (χ1v) is 8.92. The number of hydrogen-bond acceptors (Lipinski definition) is 3. The van der Waals surface area contributed by atoms with Crippen LogP contribution in [0, 0.1) is 0 Å². The lowest BCUT2D eigenvalue weighted by molar-refractivity contribution is 0.0744. The predicted octanol–water partition coefficient (Wildman–Crippen LogP) is 4.39. The van der Waals surface area contributed by atoms with Gasteiger partial charge in [-0.1, -0.05) is 42.8 Å². The summed E-state index contributed by atoms with van der Waals surface area (Å²) in [6.45, 7) is 2.66. The lowest BCUT2D eigenvalue weighted by atomic mass is 9.95. The maximum Gasteiger partial charge on any atom is 0.273 e. The number of nitrogens with zero attached hydrogens (tertiary/aromatic N) is 2. The fourth-order valence-electron chi connectivity index (χ4n) is 3.57. The summed E-state index contributed by atoms with van der Waals surface area (Å²) in [4.78, 5) is 14.8. The summed E-state index contributed by atoms with van der Waals surface area (Å²) in [5.41, 5.74) is 3.38. The topological polar surface area (TPSA) is 69.2 Å². The average molecular weight is 368 g/mol. The van der Waals surface area contributed by atoms with Crippen molar-refractivity contribution in [1.82, 2.24) is 15.1 Å². The van der Waals surface area contributed by atoms with E-state index in [0.29, 0.717) is 28.5 Å². The number of carbonyl (C=O) groups excluding carboxylic acids is 1. The Labute approximate surface area is 156 Å². The number of amides is 1. The molecule has 2 aromatic carbocycles. The van der Waals surface area contributed by atoms with Crippen LogP contribution in [0.5, 0.6) is 5.75 Å². The van der Waals surface area contributed by atoms with Crippen LogP contribution in [-0.4, -0.2) is 32.7 Å². The van der Waals surface area contributed by atoms with Gasteiger partial charge in [-0.3, -0.25) is 9.89 Å². The highest BCUT2D eigenvalue weighted by molar-refractivity contribution is 6.30. The number of H-pyrrole nitrogens is 1. The molecule has 6 heteroatoms. The van der Waals surface area contributed by atoms with Crippen molar-refractivity contribution < 1.29 is 9.90 Å². The summed E-state index contributed by atoms with van der Waals surface area (Å²) in [6.07, 6.45) is 0.840. The van der Waals surface area contributed by atoms with Crippen molar-refractivity contribution >= 4 is 17.5 Å². The van der Waals surface area contributed by atoms with Crippen LogP contribution in [0.1, 0.15) is 41.0 Å². The number of phenols is 1. The van der Waals surface area contributed by atoms with Gasteiger partial charge in [0.2, 0.25) is 0 Å². The van der Waals surface area contributed by atoms with Crippen molar-refractivity contribution in [3.8, 4) is 17.0 Å². The molecule has 0 saturated carbocycles. The molecule has 1 aliphatic heterocycles. The number of phenolic OH excluding ortho intramolecular Hbond substituents is 1. The fourth-order valence-corrected chi connectivity index (χ4v) is 3.77. The summed E-state index contributed by atoms with van der Waals surface area (Å²) in [5, 5.41) is 18.1. The van der Waals surface area contributed by atoms with Crippen LogP contribution in [-0.2, 0) is 0 Å². The molecule has 1 amide bonds. The van der Waals surface area contributed by atoms with Crippen molar-refractivity contribution in [2.24, 2.45) is 0 Å². The Morgan fingerprint density at radius 1 is 1.23 bits per heavy atom. The number of halogens is 1. The minimum absolute atomic E-state index is 0.0824. The third-order valence-corrected chi connectivity index (χ3v) is 4.89. The SMILES string of the molecule is CCCN1C(=O)c2[nH]nc(-c3ccccc3O)c2[C@H]1c1cccc(Cl)c1. The van der Waals surface area contributed by atoms with Crippen LogP contribution in [0.25, 0.3) is 11.3 Å². The first kappa shape index (κ1) is 16.7. The van der Waals surface area contributed by atoms with E-state index in [1.807, 2.05) is 42.2 Å². The molecule has 2 N–H and O–H groups in total. The average Bonchev–Trinajstić information content (AvgIpc) is 3.16. The van der Waals surface area contributed by atoms with Crippen molar-refractivity contribution in [2.75, 3.05) is 6.54 Å². The van der Waals surface area contributed by atoms with Gasteiger partial charge in [0.05, 0.1) is 6.04 Å².